The Morgan fingerprint density at radius 1 is 1.12 bits per heavy atom. The van der Waals surface area contributed by atoms with E-state index in [1.807, 2.05) is 30.3 Å². The molecule has 1 saturated heterocycles. The maximum Gasteiger partial charge on any atom is 0.246 e. The second-order valence-corrected chi connectivity index (χ2v) is 8.40. The molecule has 0 aromatic heterocycles. The van der Waals surface area contributed by atoms with E-state index in [4.69, 9.17) is 5.73 Å². The second kappa shape index (κ2) is 7.49. The fourth-order valence-electron chi connectivity index (χ4n) is 2.85. The first-order valence-electron chi connectivity index (χ1n) is 7.15. The molecule has 130 valence electrons. The highest BCUT2D eigenvalue weighted by molar-refractivity contribution is 9.10. The van der Waals surface area contributed by atoms with Gasteiger partial charge in [0.25, 0.3) is 0 Å². The van der Waals surface area contributed by atoms with Crippen LogP contribution in [-0.2, 0) is 10.0 Å². The Balaban J connectivity index is 0.00000208. The zero-order chi connectivity index (χ0) is 16.6. The predicted molar refractivity (Wildman–Crippen MR) is 97.3 cm³/mol. The van der Waals surface area contributed by atoms with E-state index in [2.05, 4.69) is 15.9 Å². The average molecular weight is 436 g/mol. The molecule has 2 aromatic carbocycles. The van der Waals surface area contributed by atoms with Crippen LogP contribution in [-0.4, -0.2) is 31.9 Å². The molecule has 0 spiro atoms. The maximum absolute atomic E-state index is 14.0. The lowest BCUT2D eigenvalue weighted by atomic mass is 9.95. The summed E-state index contributed by atoms with van der Waals surface area (Å²) in [6.07, 6.45) is 0. The van der Waals surface area contributed by atoms with Gasteiger partial charge in [-0.3, -0.25) is 0 Å². The predicted octanol–water partition coefficient (Wildman–Crippen LogP) is 3.13. The van der Waals surface area contributed by atoms with Gasteiger partial charge in [-0.15, -0.1) is 12.4 Å². The molecule has 2 atom stereocenters. The van der Waals surface area contributed by atoms with Gasteiger partial charge in [0.15, 0.2) is 0 Å². The van der Waals surface area contributed by atoms with Gasteiger partial charge in [-0.05, 0) is 23.8 Å². The lowest BCUT2D eigenvalue weighted by Gasteiger charge is -2.17. The molecule has 1 aliphatic rings. The molecule has 4 nitrogen and oxygen atoms in total. The Morgan fingerprint density at radius 3 is 2.46 bits per heavy atom. The minimum absolute atomic E-state index is 0. The number of benzene rings is 2. The minimum atomic E-state index is -3.92. The van der Waals surface area contributed by atoms with Gasteiger partial charge in [0.2, 0.25) is 10.0 Å². The van der Waals surface area contributed by atoms with Crippen LogP contribution in [0.3, 0.4) is 0 Å². The van der Waals surface area contributed by atoms with Crippen LogP contribution in [0.4, 0.5) is 4.39 Å². The molecule has 0 unspecified atom stereocenters. The standard InChI is InChI=1S/C16H16BrFN2O2S.ClH/c17-12-6-7-14(18)16(8-12)23(21,22)20-9-13(15(19)10-20)11-4-2-1-3-5-11;/h1-8,13,15H,9-10,19H2;1H/t13-,15+;/m0./s1. The molecule has 8 heteroatoms. The highest BCUT2D eigenvalue weighted by Gasteiger charge is 2.39. The molecule has 0 saturated carbocycles. The van der Waals surface area contributed by atoms with E-state index in [9.17, 15) is 12.8 Å². The van der Waals surface area contributed by atoms with Crippen molar-refractivity contribution in [3.63, 3.8) is 0 Å². The summed E-state index contributed by atoms with van der Waals surface area (Å²) in [5.74, 6) is -0.855. The zero-order valence-electron chi connectivity index (χ0n) is 12.6. The summed E-state index contributed by atoms with van der Waals surface area (Å²) >= 11 is 3.18. The Kier molecular flexibility index (Phi) is 6.04. The minimum Gasteiger partial charge on any atom is -0.326 e. The van der Waals surface area contributed by atoms with Crippen molar-refractivity contribution < 1.29 is 12.8 Å². The van der Waals surface area contributed by atoms with E-state index in [-0.39, 0.29) is 42.4 Å². The SMILES string of the molecule is Cl.N[C@@H]1CN(S(=O)(=O)c2cc(Br)ccc2F)C[C@H]1c1ccccc1. The van der Waals surface area contributed by atoms with Crippen molar-refractivity contribution in [1.82, 2.24) is 4.31 Å². The lowest BCUT2D eigenvalue weighted by molar-refractivity contribution is 0.463. The summed E-state index contributed by atoms with van der Waals surface area (Å²) in [7, 11) is -3.92. The van der Waals surface area contributed by atoms with Crippen LogP contribution in [0, 0.1) is 5.82 Å². The summed E-state index contributed by atoms with van der Waals surface area (Å²) in [5.41, 5.74) is 7.13. The number of nitrogens with two attached hydrogens (primary N) is 1. The summed E-state index contributed by atoms with van der Waals surface area (Å²) in [4.78, 5) is -0.326. The van der Waals surface area contributed by atoms with Gasteiger partial charge in [-0.2, -0.15) is 4.31 Å². The van der Waals surface area contributed by atoms with Crippen molar-refractivity contribution in [2.24, 2.45) is 5.73 Å². The number of hydrogen-bond donors (Lipinski definition) is 1. The monoisotopic (exact) mass is 434 g/mol. The summed E-state index contributed by atoms with van der Waals surface area (Å²) < 4.78 is 41.2. The third-order valence-electron chi connectivity index (χ3n) is 4.07. The number of rotatable bonds is 3. The van der Waals surface area contributed by atoms with Gasteiger partial charge in [0.05, 0.1) is 0 Å². The molecule has 0 amide bonds. The molecule has 1 fully saturated rings. The van der Waals surface area contributed by atoms with Crippen LogP contribution in [0.15, 0.2) is 57.9 Å². The number of halogens is 3. The molecule has 24 heavy (non-hydrogen) atoms. The first-order chi connectivity index (χ1) is 10.9. The van der Waals surface area contributed by atoms with Gasteiger partial charge < -0.3 is 5.73 Å². The lowest BCUT2D eigenvalue weighted by Crippen LogP contribution is -2.32. The Labute approximate surface area is 155 Å². The Bertz CT molecular complexity index is 820. The van der Waals surface area contributed by atoms with Gasteiger partial charge in [0, 0.05) is 29.5 Å². The number of nitrogens with zero attached hydrogens (tertiary/aromatic N) is 1. The van der Waals surface area contributed by atoms with Gasteiger partial charge in [-0.1, -0.05) is 46.3 Å². The van der Waals surface area contributed by atoms with E-state index in [1.54, 1.807) is 0 Å². The Morgan fingerprint density at radius 2 is 1.79 bits per heavy atom. The highest BCUT2D eigenvalue weighted by atomic mass is 79.9. The van der Waals surface area contributed by atoms with Crippen molar-refractivity contribution >= 4 is 38.4 Å². The molecule has 2 N–H and O–H groups in total. The van der Waals surface area contributed by atoms with Crippen molar-refractivity contribution in [1.29, 1.82) is 0 Å². The van der Waals surface area contributed by atoms with Crippen LogP contribution in [0.2, 0.25) is 0 Å². The summed E-state index contributed by atoms with van der Waals surface area (Å²) in [6, 6.07) is 13.1. The van der Waals surface area contributed by atoms with Crippen LogP contribution in [0.25, 0.3) is 0 Å². The fourth-order valence-corrected chi connectivity index (χ4v) is 4.96. The maximum atomic E-state index is 14.0. The summed E-state index contributed by atoms with van der Waals surface area (Å²) in [6.45, 7) is 0.424. The van der Waals surface area contributed by atoms with Crippen molar-refractivity contribution in [3.8, 4) is 0 Å². The molecular weight excluding hydrogens is 419 g/mol. The molecule has 2 aromatic rings. The summed E-state index contributed by atoms with van der Waals surface area (Å²) in [5, 5.41) is 0. The largest absolute Gasteiger partial charge is 0.326 e. The van der Waals surface area contributed by atoms with E-state index in [0.717, 1.165) is 11.6 Å². The molecular formula is C16H17BrClFN2O2S. The second-order valence-electron chi connectivity index (χ2n) is 5.58. The Hall–Kier alpha value is -0.990. The van der Waals surface area contributed by atoms with E-state index in [1.165, 1.54) is 16.4 Å². The highest BCUT2D eigenvalue weighted by Crippen LogP contribution is 2.32. The first-order valence-corrected chi connectivity index (χ1v) is 9.38. The third kappa shape index (κ3) is 3.65. The molecule has 1 heterocycles. The molecule has 0 radical (unpaired) electrons. The number of sulfonamides is 1. The molecule has 1 aliphatic heterocycles. The van der Waals surface area contributed by atoms with Gasteiger partial charge in [0.1, 0.15) is 10.7 Å². The molecule has 0 aliphatic carbocycles. The van der Waals surface area contributed by atoms with Crippen molar-refractivity contribution in [3.05, 3.63) is 64.4 Å². The molecule has 3 rings (SSSR count). The smallest absolute Gasteiger partial charge is 0.246 e. The number of hydrogen-bond acceptors (Lipinski definition) is 3. The van der Waals surface area contributed by atoms with E-state index in [0.29, 0.717) is 4.47 Å². The van der Waals surface area contributed by atoms with E-state index >= 15 is 0 Å². The van der Waals surface area contributed by atoms with Crippen molar-refractivity contribution in [2.75, 3.05) is 13.1 Å². The first kappa shape index (κ1) is 19.3. The normalized spacial score (nSPS) is 21.5. The zero-order valence-corrected chi connectivity index (χ0v) is 15.8. The average Bonchev–Trinajstić information content (AvgIpc) is 2.93. The fraction of sp³-hybridized carbons (Fsp3) is 0.250. The van der Waals surface area contributed by atoms with Crippen LogP contribution < -0.4 is 5.73 Å². The molecule has 0 bridgehead atoms. The van der Waals surface area contributed by atoms with Gasteiger partial charge in [-0.25, -0.2) is 12.8 Å². The van der Waals surface area contributed by atoms with Crippen LogP contribution in [0.1, 0.15) is 11.5 Å². The quantitative estimate of drug-likeness (QED) is 0.806. The third-order valence-corrected chi connectivity index (χ3v) is 6.41. The van der Waals surface area contributed by atoms with Crippen LogP contribution in [0.5, 0.6) is 0 Å². The van der Waals surface area contributed by atoms with Gasteiger partial charge >= 0.3 is 0 Å². The van der Waals surface area contributed by atoms with E-state index < -0.39 is 15.8 Å². The van der Waals surface area contributed by atoms with Crippen molar-refractivity contribution in [2.45, 2.75) is 16.9 Å². The topological polar surface area (TPSA) is 63.4 Å². The van der Waals surface area contributed by atoms with Crippen LogP contribution >= 0.6 is 28.3 Å².